The van der Waals surface area contributed by atoms with Crippen LogP contribution in [0, 0.1) is 0 Å². The Balaban J connectivity index is 1.57. The molecule has 0 N–H and O–H groups in total. The van der Waals surface area contributed by atoms with Gasteiger partial charge in [0.2, 0.25) is 5.95 Å². The summed E-state index contributed by atoms with van der Waals surface area (Å²) in [7, 11) is 0. The predicted octanol–water partition coefficient (Wildman–Crippen LogP) is 2.73. The van der Waals surface area contributed by atoms with Crippen LogP contribution in [0.5, 0.6) is 0 Å². The van der Waals surface area contributed by atoms with Crippen LogP contribution < -0.4 is 15.4 Å². The second-order valence-corrected chi connectivity index (χ2v) is 9.50. The fraction of sp³-hybridized carbons (Fsp3) is 0.591. The molecule has 0 amide bonds. The Hall–Kier alpha value is -2.62. The maximum atomic E-state index is 14.1. The quantitative estimate of drug-likeness (QED) is 0.716. The van der Waals surface area contributed by atoms with Gasteiger partial charge in [0.1, 0.15) is 11.9 Å². The molecule has 0 spiro atoms. The van der Waals surface area contributed by atoms with Crippen molar-refractivity contribution in [1.82, 2.24) is 14.5 Å². The molecule has 172 valence electrons. The molecule has 2 aromatic rings. The van der Waals surface area contributed by atoms with E-state index in [9.17, 15) is 18.0 Å². The van der Waals surface area contributed by atoms with Gasteiger partial charge in [0.05, 0.1) is 18.8 Å². The standard InChI is InChI=1S/C22H26F3N5O2/c1-21(2,14-3-6-26-7-4-14)13-30-17(22(23,24)25)5-8-28-19(31)10-18(27-20(28)30)29-11-16-9-15(29)12-32-16/h3-4,6-7,10,15-17H,5,8-9,11-13H2,1-2H3/t15-,16-,17-/m0/s1. The van der Waals surface area contributed by atoms with Gasteiger partial charge in [-0.15, -0.1) is 0 Å². The van der Waals surface area contributed by atoms with Gasteiger partial charge in [0, 0.05) is 43.5 Å². The molecule has 0 aromatic carbocycles. The summed E-state index contributed by atoms with van der Waals surface area (Å²) in [6.45, 7) is 5.00. The van der Waals surface area contributed by atoms with Crippen molar-refractivity contribution in [2.24, 2.45) is 0 Å². The second-order valence-electron chi connectivity index (χ2n) is 9.50. The van der Waals surface area contributed by atoms with E-state index in [0.717, 1.165) is 12.0 Å². The summed E-state index contributed by atoms with van der Waals surface area (Å²) in [6.07, 6.45) is -0.420. The number of morpholine rings is 1. The zero-order valence-corrected chi connectivity index (χ0v) is 18.0. The van der Waals surface area contributed by atoms with Crippen molar-refractivity contribution < 1.29 is 17.9 Å². The Morgan fingerprint density at radius 1 is 1.22 bits per heavy atom. The number of hydrogen-bond acceptors (Lipinski definition) is 6. The summed E-state index contributed by atoms with van der Waals surface area (Å²) in [5, 5.41) is 0. The number of ether oxygens (including phenoxy) is 1. The van der Waals surface area contributed by atoms with Crippen LogP contribution in [0.25, 0.3) is 0 Å². The normalized spacial score (nSPS) is 25.3. The highest BCUT2D eigenvalue weighted by Gasteiger charge is 2.48. The van der Waals surface area contributed by atoms with E-state index >= 15 is 0 Å². The molecule has 32 heavy (non-hydrogen) atoms. The molecule has 0 unspecified atom stereocenters. The Labute approximate surface area is 183 Å². The number of anilines is 2. The van der Waals surface area contributed by atoms with Crippen LogP contribution in [0.15, 0.2) is 35.4 Å². The van der Waals surface area contributed by atoms with Crippen LogP contribution in [0.2, 0.25) is 0 Å². The maximum Gasteiger partial charge on any atom is 0.408 e. The van der Waals surface area contributed by atoms with E-state index in [-0.39, 0.29) is 43.2 Å². The van der Waals surface area contributed by atoms with Gasteiger partial charge < -0.3 is 14.5 Å². The first-order valence-electron chi connectivity index (χ1n) is 10.9. The van der Waals surface area contributed by atoms with Crippen molar-refractivity contribution in [2.75, 3.05) is 29.5 Å². The van der Waals surface area contributed by atoms with E-state index in [0.29, 0.717) is 19.0 Å². The molecule has 5 rings (SSSR count). The van der Waals surface area contributed by atoms with Crippen LogP contribution in [-0.4, -0.2) is 58.6 Å². The average molecular weight is 449 g/mol. The molecular weight excluding hydrogens is 423 g/mol. The zero-order valence-electron chi connectivity index (χ0n) is 18.0. The fourth-order valence-corrected chi connectivity index (χ4v) is 5.13. The Morgan fingerprint density at radius 2 is 1.97 bits per heavy atom. The van der Waals surface area contributed by atoms with Crippen LogP contribution in [0.1, 0.15) is 32.3 Å². The lowest BCUT2D eigenvalue weighted by atomic mass is 9.84. The van der Waals surface area contributed by atoms with E-state index in [1.54, 1.807) is 12.4 Å². The highest BCUT2D eigenvalue weighted by atomic mass is 19.4. The van der Waals surface area contributed by atoms with Gasteiger partial charge in [-0.1, -0.05) is 13.8 Å². The van der Waals surface area contributed by atoms with E-state index in [1.165, 1.54) is 15.5 Å². The number of fused-ring (bicyclic) bond motifs is 3. The molecule has 3 aliphatic heterocycles. The number of halogens is 3. The third-order valence-corrected chi connectivity index (χ3v) is 6.83. The summed E-state index contributed by atoms with van der Waals surface area (Å²) in [5.41, 5.74) is -0.0674. The van der Waals surface area contributed by atoms with Crippen molar-refractivity contribution in [3.05, 3.63) is 46.5 Å². The summed E-state index contributed by atoms with van der Waals surface area (Å²) >= 11 is 0. The van der Waals surface area contributed by atoms with Crippen LogP contribution in [-0.2, 0) is 16.7 Å². The smallest absolute Gasteiger partial charge is 0.374 e. The summed E-state index contributed by atoms with van der Waals surface area (Å²) < 4.78 is 49.3. The predicted molar refractivity (Wildman–Crippen MR) is 113 cm³/mol. The monoisotopic (exact) mass is 449 g/mol. The van der Waals surface area contributed by atoms with Crippen LogP contribution in [0.3, 0.4) is 0 Å². The molecule has 5 heterocycles. The molecule has 0 saturated carbocycles. The minimum absolute atomic E-state index is 0.00697. The number of hydrogen-bond donors (Lipinski definition) is 0. The van der Waals surface area contributed by atoms with Crippen molar-refractivity contribution in [1.29, 1.82) is 0 Å². The highest BCUT2D eigenvalue weighted by Crippen LogP contribution is 2.38. The molecule has 2 saturated heterocycles. The number of nitrogens with zero attached hydrogens (tertiary/aromatic N) is 5. The number of aromatic nitrogens is 3. The van der Waals surface area contributed by atoms with Gasteiger partial charge in [-0.05, 0) is 30.5 Å². The summed E-state index contributed by atoms with van der Waals surface area (Å²) in [4.78, 5) is 24.9. The van der Waals surface area contributed by atoms with Gasteiger partial charge in [-0.3, -0.25) is 14.3 Å². The second kappa shape index (κ2) is 7.47. The average Bonchev–Trinajstić information content (AvgIpc) is 3.37. The molecule has 2 fully saturated rings. The Kier molecular flexibility index (Phi) is 4.96. The molecule has 0 radical (unpaired) electrons. The summed E-state index contributed by atoms with van der Waals surface area (Å²) in [6, 6.07) is 3.47. The van der Waals surface area contributed by atoms with Gasteiger partial charge >= 0.3 is 6.18 Å². The third-order valence-electron chi connectivity index (χ3n) is 6.83. The number of alkyl halides is 3. The van der Waals surface area contributed by atoms with E-state index in [1.807, 2.05) is 30.9 Å². The molecular formula is C22H26F3N5O2. The molecule has 7 nitrogen and oxygen atoms in total. The van der Waals surface area contributed by atoms with Crippen molar-refractivity contribution in [3.63, 3.8) is 0 Å². The van der Waals surface area contributed by atoms with Gasteiger partial charge in [0.25, 0.3) is 5.56 Å². The van der Waals surface area contributed by atoms with Crippen LogP contribution in [0.4, 0.5) is 24.9 Å². The molecule has 10 heteroatoms. The van der Waals surface area contributed by atoms with Crippen molar-refractivity contribution in [2.45, 2.75) is 63.0 Å². The molecule has 2 aromatic heterocycles. The molecule has 0 aliphatic carbocycles. The Bertz CT molecular complexity index is 1060. The summed E-state index contributed by atoms with van der Waals surface area (Å²) in [5.74, 6) is 0.526. The van der Waals surface area contributed by atoms with Crippen molar-refractivity contribution in [3.8, 4) is 0 Å². The molecule has 3 aliphatic rings. The number of rotatable bonds is 4. The first-order chi connectivity index (χ1) is 15.1. The van der Waals surface area contributed by atoms with E-state index in [2.05, 4.69) is 9.97 Å². The fourth-order valence-electron chi connectivity index (χ4n) is 5.13. The third kappa shape index (κ3) is 3.64. The van der Waals surface area contributed by atoms with Gasteiger partial charge in [-0.2, -0.15) is 18.2 Å². The largest absolute Gasteiger partial charge is 0.408 e. The highest BCUT2D eigenvalue weighted by molar-refractivity contribution is 5.49. The lowest BCUT2D eigenvalue weighted by molar-refractivity contribution is -0.153. The minimum atomic E-state index is -4.44. The molecule has 3 atom stereocenters. The maximum absolute atomic E-state index is 14.1. The SMILES string of the molecule is CC(C)(CN1c2nc(N3C[C@@H]4C[C@H]3CO4)cc(=O)n2CC[C@H]1C(F)(F)F)c1ccncc1. The first-order valence-corrected chi connectivity index (χ1v) is 10.9. The Morgan fingerprint density at radius 3 is 2.59 bits per heavy atom. The molecule has 2 bridgehead atoms. The topological polar surface area (TPSA) is 63.5 Å². The number of pyridine rings is 1. The van der Waals surface area contributed by atoms with Crippen molar-refractivity contribution >= 4 is 11.8 Å². The van der Waals surface area contributed by atoms with Crippen LogP contribution >= 0.6 is 0 Å². The zero-order chi connectivity index (χ0) is 22.7. The van der Waals surface area contributed by atoms with Gasteiger partial charge in [-0.25, -0.2) is 0 Å². The van der Waals surface area contributed by atoms with Gasteiger partial charge in [0.15, 0.2) is 0 Å². The van der Waals surface area contributed by atoms with E-state index in [4.69, 9.17) is 4.74 Å². The minimum Gasteiger partial charge on any atom is -0.374 e. The first kappa shape index (κ1) is 21.2. The van der Waals surface area contributed by atoms with E-state index < -0.39 is 17.6 Å². The lowest BCUT2D eigenvalue weighted by Crippen LogP contribution is -2.55. The lowest BCUT2D eigenvalue weighted by Gasteiger charge is -2.43.